The van der Waals surface area contributed by atoms with E-state index >= 15 is 0 Å². The SMILES string of the molecule is NC(=O)c1[nH]nc2c1CCc1ccc(NC(=O)c3ccccc3[N+](=O)[O-])cc1-2. The second-order valence-corrected chi connectivity index (χ2v) is 6.39. The second-order valence-electron chi connectivity index (χ2n) is 6.39. The van der Waals surface area contributed by atoms with E-state index in [2.05, 4.69) is 15.5 Å². The summed E-state index contributed by atoms with van der Waals surface area (Å²) in [5.74, 6) is -1.15. The minimum Gasteiger partial charge on any atom is -0.364 e. The van der Waals surface area contributed by atoms with Gasteiger partial charge in [-0.3, -0.25) is 24.8 Å². The van der Waals surface area contributed by atoms with Crippen molar-refractivity contribution >= 4 is 23.2 Å². The van der Waals surface area contributed by atoms with Crippen molar-refractivity contribution in [3.63, 3.8) is 0 Å². The van der Waals surface area contributed by atoms with Crippen molar-refractivity contribution in [3.05, 3.63) is 75.0 Å². The van der Waals surface area contributed by atoms with Crippen LogP contribution in [0.15, 0.2) is 42.5 Å². The van der Waals surface area contributed by atoms with Crippen LogP contribution < -0.4 is 11.1 Å². The molecule has 1 aromatic heterocycles. The van der Waals surface area contributed by atoms with E-state index in [9.17, 15) is 19.7 Å². The Morgan fingerprint density at radius 1 is 1.18 bits per heavy atom. The number of H-pyrrole nitrogens is 1. The number of amides is 2. The largest absolute Gasteiger partial charge is 0.364 e. The zero-order chi connectivity index (χ0) is 19.8. The van der Waals surface area contributed by atoms with E-state index in [-0.39, 0.29) is 16.9 Å². The summed E-state index contributed by atoms with van der Waals surface area (Å²) < 4.78 is 0. The van der Waals surface area contributed by atoms with E-state index in [1.807, 2.05) is 6.07 Å². The van der Waals surface area contributed by atoms with E-state index in [1.54, 1.807) is 18.2 Å². The smallest absolute Gasteiger partial charge is 0.282 e. The van der Waals surface area contributed by atoms with Crippen molar-refractivity contribution in [1.29, 1.82) is 0 Å². The van der Waals surface area contributed by atoms with Crippen LogP contribution in [-0.4, -0.2) is 26.9 Å². The zero-order valence-corrected chi connectivity index (χ0v) is 14.6. The third-order valence-electron chi connectivity index (χ3n) is 4.73. The molecule has 4 rings (SSSR count). The van der Waals surface area contributed by atoms with Crippen LogP contribution in [-0.2, 0) is 12.8 Å². The highest BCUT2D eigenvalue weighted by Crippen LogP contribution is 2.35. The van der Waals surface area contributed by atoms with Crippen molar-refractivity contribution in [2.45, 2.75) is 12.8 Å². The predicted molar refractivity (Wildman–Crippen MR) is 101 cm³/mol. The quantitative estimate of drug-likeness (QED) is 0.472. The van der Waals surface area contributed by atoms with E-state index in [1.165, 1.54) is 18.2 Å². The van der Waals surface area contributed by atoms with Crippen molar-refractivity contribution in [2.75, 3.05) is 5.32 Å². The normalized spacial score (nSPS) is 12.0. The van der Waals surface area contributed by atoms with E-state index in [0.717, 1.165) is 16.7 Å². The molecule has 28 heavy (non-hydrogen) atoms. The number of hydrogen-bond donors (Lipinski definition) is 3. The van der Waals surface area contributed by atoms with E-state index in [4.69, 9.17) is 5.73 Å². The number of benzene rings is 2. The van der Waals surface area contributed by atoms with Crippen LogP contribution in [0.5, 0.6) is 0 Å². The number of aryl methyl sites for hydroxylation is 1. The Morgan fingerprint density at radius 3 is 2.71 bits per heavy atom. The summed E-state index contributed by atoms with van der Waals surface area (Å²) in [6.45, 7) is 0. The standard InChI is InChI=1S/C19H15N5O4/c20-18(25)17-13-8-6-10-5-7-11(9-14(10)16(13)22-23-17)21-19(26)12-3-1-2-4-15(12)24(27)28/h1-5,7,9H,6,8H2,(H2,20,25)(H,21,26)(H,22,23). The molecule has 0 saturated carbocycles. The molecule has 3 aromatic rings. The van der Waals surface area contributed by atoms with Gasteiger partial charge in [0.2, 0.25) is 0 Å². The lowest BCUT2D eigenvalue weighted by Gasteiger charge is -2.17. The Balaban J connectivity index is 1.68. The molecule has 4 N–H and O–H groups in total. The summed E-state index contributed by atoms with van der Waals surface area (Å²) in [4.78, 5) is 34.6. The number of para-hydroxylation sites is 1. The van der Waals surface area contributed by atoms with E-state index in [0.29, 0.717) is 24.2 Å². The molecule has 1 aliphatic rings. The minimum atomic E-state index is -0.594. The molecule has 9 nitrogen and oxygen atoms in total. The number of nitro groups is 1. The highest BCUT2D eigenvalue weighted by molar-refractivity contribution is 6.07. The third-order valence-corrected chi connectivity index (χ3v) is 4.73. The average molecular weight is 377 g/mol. The maximum Gasteiger partial charge on any atom is 0.282 e. The number of aromatic amines is 1. The molecule has 0 aliphatic heterocycles. The van der Waals surface area contributed by atoms with Crippen LogP contribution in [0.25, 0.3) is 11.3 Å². The van der Waals surface area contributed by atoms with E-state index < -0.39 is 16.7 Å². The van der Waals surface area contributed by atoms with Crippen molar-refractivity contribution < 1.29 is 14.5 Å². The first-order valence-electron chi connectivity index (χ1n) is 8.51. The number of hydrogen-bond acceptors (Lipinski definition) is 5. The van der Waals surface area contributed by atoms with Gasteiger partial charge in [0.1, 0.15) is 11.3 Å². The number of rotatable bonds is 4. The molecule has 2 aromatic carbocycles. The molecule has 0 atom stereocenters. The fourth-order valence-electron chi connectivity index (χ4n) is 3.41. The first kappa shape index (κ1) is 17.4. The lowest BCUT2D eigenvalue weighted by atomic mass is 9.88. The fourth-order valence-corrected chi connectivity index (χ4v) is 3.41. The number of carbonyl (C=O) groups excluding carboxylic acids is 2. The van der Waals surface area contributed by atoms with Gasteiger partial charge in [0.25, 0.3) is 17.5 Å². The van der Waals surface area contributed by atoms with Crippen LogP contribution in [0.3, 0.4) is 0 Å². The average Bonchev–Trinajstić information content (AvgIpc) is 3.13. The molecule has 2 amide bonds. The first-order chi connectivity index (χ1) is 13.5. The number of carbonyl (C=O) groups is 2. The number of anilines is 1. The molecule has 140 valence electrons. The van der Waals surface area contributed by atoms with Gasteiger partial charge in [-0.1, -0.05) is 18.2 Å². The van der Waals surface area contributed by atoms with Crippen LogP contribution in [0.2, 0.25) is 0 Å². The van der Waals surface area contributed by atoms with Gasteiger partial charge in [-0.2, -0.15) is 5.10 Å². The summed E-state index contributed by atoms with van der Waals surface area (Å²) in [7, 11) is 0. The number of primary amides is 1. The van der Waals surface area contributed by atoms with Gasteiger partial charge in [0.05, 0.1) is 10.6 Å². The summed E-state index contributed by atoms with van der Waals surface area (Å²) >= 11 is 0. The van der Waals surface area contributed by atoms with Gasteiger partial charge in [-0.15, -0.1) is 0 Å². The number of fused-ring (bicyclic) bond motifs is 3. The highest BCUT2D eigenvalue weighted by Gasteiger charge is 2.25. The van der Waals surface area contributed by atoms with Crippen molar-refractivity contribution in [2.24, 2.45) is 5.73 Å². The number of nitrogens with zero attached hydrogens (tertiary/aromatic N) is 2. The molecule has 0 bridgehead atoms. The third kappa shape index (κ3) is 2.88. The molecule has 1 heterocycles. The fraction of sp³-hybridized carbons (Fsp3) is 0.105. The van der Waals surface area contributed by atoms with Crippen LogP contribution >= 0.6 is 0 Å². The minimum absolute atomic E-state index is 0.0262. The van der Waals surface area contributed by atoms with Gasteiger partial charge in [0, 0.05) is 22.9 Å². The zero-order valence-electron chi connectivity index (χ0n) is 14.6. The van der Waals surface area contributed by atoms with Crippen molar-refractivity contribution in [1.82, 2.24) is 10.2 Å². The van der Waals surface area contributed by atoms with Crippen LogP contribution in [0.1, 0.15) is 32.0 Å². The second kappa shape index (κ2) is 6.62. The number of nitrogens with one attached hydrogen (secondary N) is 2. The van der Waals surface area contributed by atoms with Gasteiger partial charge < -0.3 is 11.1 Å². The molecule has 0 spiro atoms. The Hall–Kier alpha value is -4.01. The summed E-state index contributed by atoms with van der Waals surface area (Å²) in [6, 6.07) is 11.1. The Morgan fingerprint density at radius 2 is 1.96 bits per heavy atom. The Labute approximate surface area is 158 Å². The molecule has 0 unspecified atom stereocenters. The molecule has 9 heteroatoms. The molecular formula is C19H15N5O4. The monoisotopic (exact) mass is 377 g/mol. The van der Waals surface area contributed by atoms with Gasteiger partial charge >= 0.3 is 0 Å². The molecule has 0 fully saturated rings. The Bertz CT molecular complexity index is 1140. The molecule has 1 aliphatic carbocycles. The van der Waals surface area contributed by atoms with Crippen LogP contribution in [0, 0.1) is 10.1 Å². The lowest BCUT2D eigenvalue weighted by Crippen LogP contribution is -2.16. The maximum absolute atomic E-state index is 12.5. The first-order valence-corrected chi connectivity index (χ1v) is 8.51. The Kier molecular flexibility index (Phi) is 4.11. The predicted octanol–water partition coefficient (Wildman–Crippen LogP) is 2.43. The summed E-state index contributed by atoms with van der Waals surface area (Å²) in [5.41, 5.74) is 9.03. The number of aromatic nitrogens is 2. The van der Waals surface area contributed by atoms with Gasteiger partial charge in [0.15, 0.2) is 0 Å². The maximum atomic E-state index is 12.5. The van der Waals surface area contributed by atoms with Gasteiger partial charge in [-0.05, 0) is 36.6 Å². The van der Waals surface area contributed by atoms with Crippen LogP contribution in [0.4, 0.5) is 11.4 Å². The summed E-state index contributed by atoms with van der Waals surface area (Å²) in [6.07, 6.45) is 1.35. The topological polar surface area (TPSA) is 144 Å². The lowest BCUT2D eigenvalue weighted by molar-refractivity contribution is -0.385. The number of nitrogens with two attached hydrogens (primary N) is 1. The summed E-state index contributed by atoms with van der Waals surface area (Å²) in [5, 5.41) is 20.7. The highest BCUT2D eigenvalue weighted by atomic mass is 16.6. The van der Waals surface area contributed by atoms with Gasteiger partial charge in [-0.25, -0.2) is 0 Å². The number of nitro benzene ring substituents is 1. The molecule has 0 radical (unpaired) electrons. The molecular weight excluding hydrogens is 362 g/mol. The van der Waals surface area contributed by atoms with Crippen molar-refractivity contribution in [3.8, 4) is 11.3 Å². The molecule has 0 saturated heterocycles.